The molecule has 2 aromatic carbocycles. The van der Waals surface area contributed by atoms with E-state index < -0.39 is 0 Å². The maximum absolute atomic E-state index is 12.5. The highest BCUT2D eigenvalue weighted by Crippen LogP contribution is 2.27. The molecule has 0 spiro atoms. The SMILES string of the molecule is COc1ccc(CCN(C)C(=O)Cn2nnc3ccccc32)cc1OC. The number of methoxy groups -OCH3 is 2. The van der Waals surface area contributed by atoms with Crippen molar-refractivity contribution in [3.05, 3.63) is 48.0 Å². The van der Waals surface area contributed by atoms with Crippen molar-refractivity contribution in [2.75, 3.05) is 27.8 Å². The van der Waals surface area contributed by atoms with Crippen molar-refractivity contribution in [1.29, 1.82) is 0 Å². The normalized spacial score (nSPS) is 10.7. The lowest BCUT2D eigenvalue weighted by Gasteiger charge is -2.17. The number of ether oxygens (including phenoxy) is 2. The van der Waals surface area contributed by atoms with Crippen molar-refractivity contribution in [2.45, 2.75) is 13.0 Å². The molecule has 0 aliphatic rings. The fourth-order valence-electron chi connectivity index (χ4n) is 2.74. The molecule has 0 N–H and O–H groups in total. The first-order chi connectivity index (χ1) is 12.6. The molecule has 136 valence electrons. The maximum Gasteiger partial charge on any atom is 0.244 e. The van der Waals surface area contributed by atoms with Gasteiger partial charge in [-0.25, -0.2) is 4.68 Å². The van der Waals surface area contributed by atoms with E-state index in [1.165, 1.54) is 0 Å². The average molecular weight is 354 g/mol. The predicted molar refractivity (Wildman–Crippen MR) is 98.4 cm³/mol. The zero-order valence-corrected chi connectivity index (χ0v) is 15.2. The number of rotatable bonds is 7. The minimum Gasteiger partial charge on any atom is -0.493 e. The Morgan fingerprint density at radius 2 is 1.88 bits per heavy atom. The van der Waals surface area contributed by atoms with Crippen molar-refractivity contribution in [2.24, 2.45) is 0 Å². The van der Waals surface area contributed by atoms with Crippen LogP contribution in [-0.4, -0.2) is 53.6 Å². The Morgan fingerprint density at radius 3 is 2.65 bits per heavy atom. The van der Waals surface area contributed by atoms with E-state index in [9.17, 15) is 4.79 Å². The molecule has 0 saturated heterocycles. The van der Waals surface area contributed by atoms with Crippen molar-refractivity contribution in [3.8, 4) is 11.5 Å². The summed E-state index contributed by atoms with van der Waals surface area (Å²) >= 11 is 0. The Morgan fingerprint density at radius 1 is 1.12 bits per heavy atom. The fourth-order valence-corrected chi connectivity index (χ4v) is 2.74. The molecule has 0 unspecified atom stereocenters. The third-order valence-electron chi connectivity index (χ3n) is 4.31. The summed E-state index contributed by atoms with van der Waals surface area (Å²) in [4.78, 5) is 14.2. The van der Waals surface area contributed by atoms with Gasteiger partial charge in [0.2, 0.25) is 5.91 Å². The van der Waals surface area contributed by atoms with Crippen LogP contribution in [0.5, 0.6) is 11.5 Å². The van der Waals surface area contributed by atoms with E-state index in [2.05, 4.69) is 10.3 Å². The summed E-state index contributed by atoms with van der Waals surface area (Å²) in [5.74, 6) is 1.37. The van der Waals surface area contributed by atoms with Crippen molar-refractivity contribution in [1.82, 2.24) is 19.9 Å². The molecular formula is C19H22N4O3. The third kappa shape index (κ3) is 3.77. The third-order valence-corrected chi connectivity index (χ3v) is 4.31. The lowest BCUT2D eigenvalue weighted by Crippen LogP contribution is -2.32. The van der Waals surface area contributed by atoms with Crippen LogP contribution in [0.2, 0.25) is 0 Å². The number of fused-ring (bicyclic) bond motifs is 1. The van der Waals surface area contributed by atoms with Crippen molar-refractivity contribution >= 4 is 16.9 Å². The monoisotopic (exact) mass is 354 g/mol. The minimum absolute atomic E-state index is 0.0128. The van der Waals surface area contributed by atoms with Gasteiger partial charge in [0.25, 0.3) is 0 Å². The van der Waals surface area contributed by atoms with E-state index in [1.54, 1.807) is 30.8 Å². The summed E-state index contributed by atoms with van der Waals surface area (Å²) in [6.45, 7) is 0.768. The van der Waals surface area contributed by atoms with E-state index in [-0.39, 0.29) is 12.5 Å². The fraction of sp³-hybridized carbons (Fsp3) is 0.316. The molecule has 1 amide bonds. The van der Waals surface area contributed by atoms with E-state index >= 15 is 0 Å². The molecule has 0 fully saturated rings. The van der Waals surface area contributed by atoms with Gasteiger partial charge in [0, 0.05) is 13.6 Å². The first kappa shape index (κ1) is 17.7. The zero-order valence-electron chi connectivity index (χ0n) is 15.2. The lowest BCUT2D eigenvalue weighted by molar-refractivity contribution is -0.130. The van der Waals surface area contributed by atoms with Gasteiger partial charge in [0.05, 0.1) is 19.7 Å². The van der Waals surface area contributed by atoms with Crippen molar-refractivity contribution < 1.29 is 14.3 Å². The number of likely N-dealkylation sites (N-methyl/N-ethyl adjacent to an activating group) is 1. The Balaban J connectivity index is 1.61. The standard InChI is InChI=1S/C19H22N4O3/c1-22(11-10-14-8-9-17(25-2)18(12-14)26-3)19(24)13-23-16-7-5-4-6-15(16)20-21-23/h4-9,12H,10-11,13H2,1-3H3. The summed E-state index contributed by atoms with van der Waals surface area (Å²) in [5.41, 5.74) is 2.72. The Bertz CT molecular complexity index is 907. The molecule has 0 atom stereocenters. The largest absolute Gasteiger partial charge is 0.493 e. The molecule has 0 aliphatic heterocycles. The highest BCUT2D eigenvalue weighted by molar-refractivity contribution is 5.79. The first-order valence-corrected chi connectivity index (χ1v) is 8.35. The molecule has 0 bridgehead atoms. The van der Waals surface area contributed by atoms with Gasteiger partial charge in [-0.2, -0.15) is 0 Å². The molecule has 3 aromatic rings. The van der Waals surface area contributed by atoms with Gasteiger partial charge in [0.15, 0.2) is 11.5 Å². The first-order valence-electron chi connectivity index (χ1n) is 8.35. The van der Waals surface area contributed by atoms with Gasteiger partial charge in [0.1, 0.15) is 12.1 Å². The quantitative estimate of drug-likeness (QED) is 0.650. The Labute approximate surface area is 152 Å². The lowest BCUT2D eigenvalue weighted by atomic mass is 10.1. The van der Waals surface area contributed by atoms with E-state index in [0.717, 1.165) is 23.0 Å². The molecule has 1 aromatic heterocycles. The second-order valence-electron chi connectivity index (χ2n) is 5.99. The average Bonchev–Trinajstić information content (AvgIpc) is 3.08. The van der Waals surface area contributed by atoms with E-state index in [0.29, 0.717) is 18.0 Å². The van der Waals surface area contributed by atoms with Crippen LogP contribution < -0.4 is 9.47 Å². The van der Waals surface area contributed by atoms with Gasteiger partial charge < -0.3 is 14.4 Å². The van der Waals surface area contributed by atoms with Crippen LogP contribution in [-0.2, 0) is 17.8 Å². The predicted octanol–water partition coefficient (Wildman–Crippen LogP) is 2.15. The molecule has 7 heteroatoms. The van der Waals surface area contributed by atoms with Gasteiger partial charge in [-0.15, -0.1) is 5.10 Å². The number of carbonyl (C=O) groups is 1. The zero-order chi connectivity index (χ0) is 18.5. The number of carbonyl (C=O) groups excluding carboxylic acids is 1. The molecule has 7 nitrogen and oxygen atoms in total. The number of nitrogens with zero attached hydrogens (tertiary/aromatic N) is 4. The van der Waals surface area contributed by atoms with Crippen LogP contribution in [0.15, 0.2) is 42.5 Å². The molecule has 0 radical (unpaired) electrons. The highest BCUT2D eigenvalue weighted by atomic mass is 16.5. The molecular weight excluding hydrogens is 332 g/mol. The van der Waals surface area contributed by atoms with Crippen LogP contribution >= 0.6 is 0 Å². The number of hydrogen-bond donors (Lipinski definition) is 0. The van der Waals surface area contributed by atoms with Crippen LogP contribution in [0, 0.1) is 0 Å². The number of amides is 1. The second kappa shape index (κ2) is 7.86. The number of para-hydroxylation sites is 1. The smallest absolute Gasteiger partial charge is 0.244 e. The maximum atomic E-state index is 12.5. The van der Waals surface area contributed by atoms with Crippen LogP contribution in [0.4, 0.5) is 0 Å². The second-order valence-corrected chi connectivity index (χ2v) is 5.99. The highest BCUT2D eigenvalue weighted by Gasteiger charge is 2.13. The summed E-state index contributed by atoms with van der Waals surface area (Å²) < 4.78 is 12.2. The Kier molecular flexibility index (Phi) is 5.36. The number of hydrogen-bond acceptors (Lipinski definition) is 5. The van der Waals surface area contributed by atoms with Gasteiger partial charge in [-0.1, -0.05) is 23.4 Å². The van der Waals surface area contributed by atoms with Crippen LogP contribution in [0.3, 0.4) is 0 Å². The number of aromatic nitrogens is 3. The molecule has 0 saturated carbocycles. The minimum atomic E-state index is -0.0128. The van der Waals surface area contributed by atoms with E-state index in [1.807, 2.05) is 42.5 Å². The molecule has 0 aliphatic carbocycles. The van der Waals surface area contributed by atoms with E-state index in [4.69, 9.17) is 9.47 Å². The topological polar surface area (TPSA) is 69.5 Å². The van der Waals surface area contributed by atoms with Gasteiger partial charge >= 0.3 is 0 Å². The number of benzene rings is 2. The summed E-state index contributed by atoms with van der Waals surface area (Å²) in [6.07, 6.45) is 0.723. The van der Waals surface area contributed by atoms with Crippen LogP contribution in [0.25, 0.3) is 11.0 Å². The molecule has 1 heterocycles. The molecule has 26 heavy (non-hydrogen) atoms. The summed E-state index contributed by atoms with van der Waals surface area (Å²) in [5, 5.41) is 8.14. The summed E-state index contributed by atoms with van der Waals surface area (Å²) in [7, 11) is 5.01. The Hall–Kier alpha value is -3.09. The van der Waals surface area contributed by atoms with Crippen LogP contribution in [0.1, 0.15) is 5.56 Å². The van der Waals surface area contributed by atoms with Gasteiger partial charge in [-0.05, 0) is 36.2 Å². The van der Waals surface area contributed by atoms with Crippen molar-refractivity contribution in [3.63, 3.8) is 0 Å². The van der Waals surface area contributed by atoms with Gasteiger partial charge in [-0.3, -0.25) is 4.79 Å². The molecule has 3 rings (SSSR count). The summed E-state index contributed by atoms with van der Waals surface area (Å²) in [6, 6.07) is 13.4.